The van der Waals surface area contributed by atoms with Crippen LogP contribution in [0.4, 0.5) is 5.82 Å². The summed E-state index contributed by atoms with van der Waals surface area (Å²) < 4.78 is 48.0. The van der Waals surface area contributed by atoms with Crippen molar-refractivity contribution in [2.24, 2.45) is 0 Å². The Morgan fingerprint density at radius 2 is 2.15 bits per heavy atom. The molecule has 4 rings (SSSR count). The van der Waals surface area contributed by atoms with E-state index < -0.39 is 40.4 Å². The lowest BCUT2D eigenvalue weighted by Crippen LogP contribution is -2.50. The summed E-state index contributed by atoms with van der Waals surface area (Å²) in [5.74, 6) is -0.814. The second-order valence-corrected chi connectivity index (χ2v) is 8.76. The highest BCUT2D eigenvalue weighted by molar-refractivity contribution is 7.86. The molecule has 13 heteroatoms. The molecule has 2 aromatic rings. The molecule has 0 aromatic carbocycles. The normalized spacial score (nSPS) is 30.5. The third-order valence-electron chi connectivity index (χ3n) is 4.28. The number of ether oxygens (including phenoxy) is 3. The molecule has 0 aliphatic carbocycles. The fourth-order valence-corrected chi connectivity index (χ4v) is 4.03. The Hall–Kier alpha value is -1.57. The van der Waals surface area contributed by atoms with Crippen LogP contribution in [0.15, 0.2) is 6.33 Å². The zero-order valence-electron chi connectivity index (χ0n) is 14.7. The third kappa shape index (κ3) is 3.48. The van der Waals surface area contributed by atoms with Crippen LogP contribution in [-0.2, 0) is 28.5 Å². The van der Waals surface area contributed by atoms with E-state index in [0.29, 0.717) is 11.2 Å². The number of nitrogen functional groups attached to an aromatic ring is 1. The standard InChI is InChI=1S/C14H18ClN5O6S/c1-14(2)23-4-6-8(25-14)9(26-27(3,21)22)12(24-6)20-5-17-7-10(16)18-13(15)19-11(7)20/h5-6,8-9,12H,4H2,1-3H3,(H2,16,18,19)/t6-,8-,9+,12-/m0/s1. The van der Waals surface area contributed by atoms with Gasteiger partial charge in [0.05, 0.1) is 19.2 Å². The van der Waals surface area contributed by atoms with E-state index in [1.54, 1.807) is 13.8 Å². The third-order valence-corrected chi connectivity index (χ3v) is 5.02. The van der Waals surface area contributed by atoms with Crippen LogP contribution in [0, 0.1) is 0 Å². The number of anilines is 1. The van der Waals surface area contributed by atoms with E-state index in [1.807, 2.05) is 0 Å². The van der Waals surface area contributed by atoms with E-state index in [-0.39, 0.29) is 17.7 Å². The molecule has 11 nitrogen and oxygen atoms in total. The Kier molecular flexibility index (Phi) is 4.33. The molecular formula is C14H18ClN5O6S. The summed E-state index contributed by atoms with van der Waals surface area (Å²) in [4.78, 5) is 12.2. The highest BCUT2D eigenvalue weighted by Gasteiger charge is 2.54. The van der Waals surface area contributed by atoms with Crippen LogP contribution in [0.25, 0.3) is 11.2 Å². The summed E-state index contributed by atoms with van der Waals surface area (Å²) in [6.07, 6.45) is -0.727. The second kappa shape index (κ2) is 6.22. The average Bonchev–Trinajstić information content (AvgIpc) is 3.07. The van der Waals surface area contributed by atoms with Gasteiger partial charge in [-0.3, -0.25) is 8.75 Å². The summed E-state index contributed by atoms with van der Waals surface area (Å²) in [5, 5.41) is -0.0709. The Balaban J connectivity index is 1.79. The first-order chi connectivity index (χ1) is 12.5. The van der Waals surface area contributed by atoms with Gasteiger partial charge >= 0.3 is 0 Å². The first-order valence-corrected chi connectivity index (χ1v) is 10.2. The van der Waals surface area contributed by atoms with Gasteiger partial charge in [0.1, 0.15) is 17.7 Å². The molecule has 2 fully saturated rings. The number of nitrogens with two attached hydrogens (primary N) is 1. The quantitative estimate of drug-likeness (QED) is 0.550. The summed E-state index contributed by atoms with van der Waals surface area (Å²) in [5.41, 5.74) is 6.44. The molecule has 0 spiro atoms. The molecule has 2 aromatic heterocycles. The Morgan fingerprint density at radius 3 is 2.85 bits per heavy atom. The summed E-state index contributed by atoms with van der Waals surface area (Å²) in [6.45, 7) is 3.67. The smallest absolute Gasteiger partial charge is 0.264 e. The van der Waals surface area contributed by atoms with Gasteiger partial charge in [0.15, 0.2) is 29.6 Å². The van der Waals surface area contributed by atoms with Crippen molar-refractivity contribution in [1.82, 2.24) is 19.5 Å². The van der Waals surface area contributed by atoms with Crippen LogP contribution >= 0.6 is 11.6 Å². The number of hydrogen-bond donors (Lipinski definition) is 1. The molecule has 0 bridgehead atoms. The van der Waals surface area contributed by atoms with Gasteiger partial charge in [-0.25, -0.2) is 4.98 Å². The van der Waals surface area contributed by atoms with Gasteiger partial charge in [0.25, 0.3) is 10.1 Å². The Labute approximate surface area is 159 Å². The van der Waals surface area contributed by atoms with E-state index in [2.05, 4.69) is 15.0 Å². The van der Waals surface area contributed by atoms with E-state index in [1.165, 1.54) is 10.9 Å². The molecule has 2 aliphatic rings. The molecule has 27 heavy (non-hydrogen) atoms. The van der Waals surface area contributed by atoms with Crippen LogP contribution in [0.2, 0.25) is 5.28 Å². The van der Waals surface area contributed by atoms with Gasteiger partial charge in [0.2, 0.25) is 5.28 Å². The van der Waals surface area contributed by atoms with Crippen molar-refractivity contribution < 1.29 is 26.8 Å². The topological polar surface area (TPSA) is 141 Å². The van der Waals surface area contributed by atoms with E-state index in [9.17, 15) is 8.42 Å². The highest BCUT2D eigenvalue weighted by Crippen LogP contribution is 2.41. The predicted molar refractivity (Wildman–Crippen MR) is 93.3 cm³/mol. The fraction of sp³-hybridized carbons (Fsp3) is 0.643. The monoisotopic (exact) mass is 419 g/mol. The van der Waals surface area contributed by atoms with Crippen molar-refractivity contribution in [3.05, 3.63) is 11.6 Å². The molecule has 0 unspecified atom stereocenters. The van der Waals surface area contributed by atoms with Crippen molar-refractivity contribution in [2.45, 2.75) is 44.2 Å². The second-order valence-electron chi connectivity index (χ2n) is 6.83. The molecule has 2 N–H and O–H groups in total. The minimum atomic E-state index is -3.81. The van der Waals surface area contributed by atoms with Gasteiger partial charge < -0.3 is 19.9 Å². The molecule has 2 saturated heterocycles. The summed E-state index contributed by atoms with van der Waals surface area (Å²) in [6, 6.07) is 0. The Bertz CT molecular complexity index is 995. The van der Waals surface area contributed by atoms with Crippen molar-refractivity contribution in [3.63, 3.8) is 0 Å². The molecular weight excluding hydrogens is 402 g/mol. The zero-order chi connectivity index (χ0) is 19.6. The van der Waals surface area contributed by atoms with Crippen LogP contribution < -0.4 is 5.73 Å². The minimum Gasteiger partial charge on any atom is -0.382 e. The van der Waals surface area contributed by atoms with Crippen LogP contribution in [0.3, 0.4) is 0 Å². The van der Waals surface area contributed by atoms with E-state index in [4.69, 9.17) is 35.7 Å². The van der Waals surface area contributed by atoms with E-state index >= 15 is 0 Å². The summed E-state index contributed by atoms with van der Waals surface area (Å²) >= 11 is 5.91. The molecule has 148 valence electrons. The lowest BCUT2D eigenvalue weighted by molar-refractivity contribution is -0.299. The number of nitrogens with zero attached hydrogens (tertiary/aromatic N) is 4. The van der Waals surface area contributed by atoms with Crippen LogP contribution in [0.5, 0.6) is 0 Å². The first-order valence-electron chi connectivity index (χ1n) is 8.05. The number of rotatable bonds is 3. The molecule has 0 saturated carbocycles. The lowest BCUT2D eigenvalue weighted by Gasteiger charge is -2.38. The largest absolute Gasteiger partial charge is 0.382 e. The number of imidazole rings is 1. The molecule has 2 aliphatic heterocycles. The maximum absolute atomic E-state index is 11.9. The van der Waals surface area contributed by atoms with Crippen molar-refractivity contribution in [2.75, 3.05) is 18.6 Å². The molecule has 0 radical (unpaired) electrons. The number of hydrogen-bond acceptors (Lipinski definition) is 10. The maximum atomic E-state index is 11.9. The number of aromatic nitrogens is 4. The molecule has 0 amide bonds. The van der Waals surface area contributed by atoms with Gasteiger partial charge in [-0.05, 0) is 25.4 Å². The van der Waals surface area contributed by atoms with Gasteiger partial charge in [0, 0.05) is 0 Å². The SMILES string of the molecule is CC1(C)OC[C@@H]2O[C@H](n3cnc4c(N)nc(Cl)nc43)[C@H](OS(C)(=O)=O)[C@H]2O1. The summed E-state index contributed by atoms with van der Waals surface area (Å²) in [7, 11) is -3.81. The minimum absolute atomic E-state index is 0.0709. The van der Waals surface area contributed by atoms with Crippen molar-refractivity contribution >= 4 is 38.7 Å². The van der Waals surface area contributed by atoms with Gasteiger partial charge in [-0.15, -0.1) is 0 Å². The molecule has 4 atom stereocenters. The fourth-order valence-electron chi connectivity index (χ4n) is 3.25. The van der Waals surface area contributed by atoms with Gasteiger partial charge in [-0.2, -0.15) is 18.4 Å². The molecule has 4 heterocycles. The van der Waals surface area contributed by atoms with Crippen LogP contribution in [-0.4, -0.2) is 64.9 Å². The van der Waals surface area contributed by atoms with Crippen LogP contribution in [0.1, 0.15) is 20.1 Å². The number of fused-ring (bicyclic) bond motifs is 2. The van der Waals surface area contributed by atoms with Crippen molar-refractivity contribution in [1.29, 1.82) is 0 Å². The van der Waals surface area contributed by atoms with E-state index in [0.717, 1.165) is 6.26 Å². The van der Waals surface area contributed by atoms with Crippen molar-refractivity contribution in [3.8, 4) is 0 Å². The maximum Gasteiger partial charge on any atom is 0.264 e. The van der Waals surface area contributed by atoms with Gasteiger partial charge in [-0.1, -0.05) is 0 Å². The average molecular weight is 420 g/mol. The number of halogens is 1. The zero-order valence-corrected chi connectivity index (χ0v) is 16.3. The lowest BCUT2D eigenvalue weighted by atomic mass is 10.1. The highest BCUT2D eigenvalue weighted by atomic mass is 35.5. The Morgan fingerprint density at radius 1 is 1.41 bits per heavy atom. The predicted octanol–water partition coefficient (Wildman–Crippen LogP) is 0.456. The first kappa shape index (κ1) is 18.8.